The molecule has 0 aliphatic carbocycles. The number of thiocarbonyl (C=S) groups is 1. The molecule has 24 heavy (non-hydrogen) atoms. The van der Waals surface area contributed by atoms with Gasteiger partial charge in [0.2, 0.25) is 0 Å². The lowest BCUT2D eigenvalue weighted by atomic mass is 10.2. The highest BCUT2D eigenvalue weighted by Crippen LogP contribution is 2.34. The summed E-state index contributed by atoms with van der Waals surface area (Å²) >= 11 is 6.48. The molecule has 1 saturated heterocycles. The second-order valence-corrected chi connectivity index (χ2v) is 6.72. The molecule has 1 heterocycles. The first kappa shape index (κ1) is 18.5. The molecule has 128 valence electrons. The molecular weight excluding hydrogens is 346 g/mol. The summed E-state index contributed by atoms with van der Waals surface area (Å²) in [5.41, 5.74) is 0.808. The topological polar surface area (TPSA) is 55.8 Å². The van der Waals surface area contributed by atoms with E-state index in [1.807, 2.05) is 31.2 Å². The standard InChI is InChI=1S/C17H19NO4S2/c1-3-10-22-15(19)8-9-18-16(20)14(24-17(18)23)11-12-6-4-5-7-13(12)21-2/h4-7,11H,3,8-10H2,1-2H3/b14-11-. The average molecular weight is 365 g/mol. The van der Waals surface area contributed by atoms with E-state index in [-0.39, 0.29) is 24.8 Å². The van der Waals surface area contributed by atoms with Crippen LogP contribution < -0.4 is 4.74 Å². The zero-order valence-electron chi connectivity index (χ0n) is 13.6. The van der Waals surface area contributed by atoms with Gasteiger partial charge in [-0.25, -0.2) is 0 Å². The third-order valence-electron chi connectivity index (χ3n) is 3.31. The number of rotatable bonds is 7. The van der Waals surface area contributed by atoms with Crippen LogP contribution >= 0.6 is 24.0 Å². The Balaban J connectivity index is 2.05. The largest absolute Gasteiger partial charge is 0.496 e. The van der Waals surface area contributed by atoms with Crippen molar-refractivity contribution in [1.29, 1.82) is 0 Å². The second-order valence-electron chi connectivity index (χ2n) is 5.05. The van der Waals surface area contributed by atoms with Crippen molar-refractivity contribution in [3.05, 3.63) is 34.7 Å². The molecule has 1 aromatic carbocycles. The van der Waals surface area contributed by atoms with Crippen molar-refractivity contribution in [3.8, 4) is 5.75 Å². The number of nitrogens with zero attached hydrogens (tertiary/aromatic N) is 1. The Labute approximate surface area is 151 Å². The molecule has 0 atom stereocenters. The predicted molar refractivity (Wildman–Crippen MR) is 98.7 cm³/mol. The minimum absolute atomic E-state index is 0.133. The van der Waals surface area contributed by atoms with Gasteiger partial charge in [-0.05, 0) is 18.6 Å². The molecule has 0 radical (unpaired) electrons. The monoisotopic (exact) mass is 365 g/mol. The number of para-hydroxylation sites is 1. The van der Waals surface area contributed by atoms with Crippen LogP contribution in [0.15, 0.2) is 29.2 Å². The Morgan fingerprint density at radius 1 is 1.38 bits per heavy atom. The van der Waals surface area contributed by atoms with E-state index in [0.717, 1.165) is 12.0 Å². The van der Waals surface area contributed by atoms with Crippen molar-refractivity contribution in [1.82, 2.24) is 4.90 Å². The van der Waals surface area contributed by atoms with E-state index < -0.39 is 0 Å². The third kappa shape index (κ3) is 4.58. The van der Waals surface area contributed by atoms with Crippen molar-refractivity contribution in [2.45, 2.75) is 19.8 Å². The maximum absolute atomic E-state index is 12.5. The fourth-order valence-electron chi connectivity index (χ4n) is 2.11. The zero-order chi connectivity index (χ0) is 17.5. The molecule has 1 aromatic rings. The molecule has 0 saturated carbocycles. The van der Waals surface area contributed by atoms with Gasteiger partial charge in [0.1, 0.15) is 10.1 Å². The minimum Gasteiger partial charge on any atom is -0.496 e. The first-order valence-electron chi connectivity index (χ1n) is 7.60. The zero-order valence-corrected chi connectivity index (χ0v) is 15.2. The molecular formula is C17H19NO4S2. The summed E-state index contributed by atoms with van der Waals surface area (Å²) in [4.78, 5) is 26.0. The van der Waals surface area contributed by atoms with Crippen molar-refractivity contribution < 1.29 is 19.1 Å². The van der Waals surface area contributed by atoms with Gasteiger partial charge < -0.3 is 9.47 Å². The Kier molecular flexibility index (Phi) is 6.81. The fraction of sp³-hybridized carbons (Fsp3) is 0.353. The molecule has 5 nitrogen and oxygen atoms in total. The minimum atomic E-state index is -0.320. The lowest BCUT2D eigenvalue weighted by molar-refractivity contribution is -0.143. The van der Waals surface area contributed by atoms with Gasteiger partial charge in [0, 0.05) is 12.1 Å². The number of hydrogen-bond donors (Lipinski definition) is 0. The number of ether oxygens (including phenoxy) is 2. The molecule has 0 unspecified atom stereocenters. The number of amides is 1. The number of esters is 1. The van der Waals surface area contributed by atoms with Crippen LogP contribution in [0.4, 0.5) is 0 Å². The predicted octanol–water partition coefficient (Wildman–Crippen LogP) is 3.24. The molecule has 1 aliphatic rings. The lowest BCUT2D eigenvalue weighted by Gasteiger charge is -2.13. The maximum atomic E-state index is 12.5. The summed E-state index contributed by atoms with van der Waals surface area (Å²) < 4.78 is 10.8. The molecule has 0 aromatic heterocycles. The van der Waals surface area contributed by atoms with Crippen LogP contribution in [0.3, 0.4) is 0 Å². The van der Waals surface area contributed by atoms with E-state index in [0.29, 0.717) is 21.6 Å². The number of methoxy groups -OCH3 is 1. The van der Waals surface area contributed by atoms with Gasteiger partial charge >= 0.3 is 5.97 Å². The molecule has 1 fully saturated rings. The quantitative estimate of drug-likeness (QED) is 0.420. The highest BCUT2D eigenvalue weighted by atomic mass is 32.2. The van der Waals surface area contributed by atoms with Crippen molar-refractivity contribution >= 4 is 46.3 Å². The molecule has 2 rings (SSSR count). The summed E-state index contributed by atoms with van der Waals surface area (Å²) in [6.07, 6.45) is 2.66. The van der Waals surface area contributed by atoms with Crippen molar-refractivity contribution in [2.24, 2.45) is 0 Å². The van der Waals surface area contributed by atoms with Crippen LogP contribution in [0.2, 0.25) is 0 Å². The van der Waals surface area contributed by atoms with Crippen molar-refractivity contribution in [2.75, 3.05) is 20.3 Å². The first-order valence-corrected chi connectivity index (χ1v) is 8.83. The first-order chi connectivity index (χ1) is 11.6. The van der Waals surface area contributed by atoms with Crippen LogP contribution in [-0.4, -0.2) is 41.4 Å². The summed E-state index contributed by atoms with van der Waals surface area (Å²) in [5, 5.41) is 0. The van der Waals surface area contributed by atoms with Gasteiger partial charge in [0.15, 0.2) is 0 Å². The summed E-state index contributed by atoms with van der Waals surface area (Å²) in [7, 11) is 1.58. The SMILES string of the molecule is CCCOC(=O)CCN1C(=O)/C(=C/c2ccccc2OC)SC1=S. The van der Waals surface area contributed by atoms with Gasteiger partial charge in [-0.2, -0.15) is 0 Å². The Morgan fingerprint density at radius 2 is 2.12 bits per heavy atom. The maximum Gasteiger partial charge on any atom is 0.307 e. The van der Waals surface area contributed by atoms with E-state index in [9.17, 15) is 9.59 Å². The number of carbonyl (C=O) groups is 2. The number of thioether (sulfide) groups is 1. The molecule has 1 amide bonds. The van der Waals surface area contributed by atoms with Crippen LogP contribution in [0.1, 0.15) is 25.3 Å². The third-order valence-corrected chi connectivity index (χ3v) is 4.68. The summed E-state index contributed by atoms with van der Waals surface area (Å²) in [6, 6.07) is 7.44. The molecule has 1 aliphatic heterocycles. The average Bonchev–Trinajstić information content (AvgIpc) is 2.85. The van der Waals surface area contributed by atoms with Gasteiger partial charge in [0.05, 0.1) is 25.0 Å². The van der Waals surface area contributed by atoms with E-state index in [1.54, 1.807) is 13.2 Å². The number of benzene rings is 1. The van der Waals surface area contributed by atoms with E-state index in [4.69, 9.17) is 21.7 Å². The van der Waals surface area contributed by atoms with Crippen LogP contribution in [-0.2, 0) is 14.3 Å². The second kappa shape index (κ2) is 8.84. The van der Waals surface area contributed by atoms with Crippen LogP contribution in [0.5, 0.6) is 5.75 Å². The fourth-order valence-corrected chi connectivity index (χ4v) is 3.41. The van der Waals surface area contributed by atoms with E-state index >= 15 is 0 Å². The van der Waals surface area contributed by atoms with Crippen molar-refractivity contribution in [3.63, 3.8) is 0 Å². The number of hydrogen-bond acceptors (Lipinski definition) is 6. The summed E-state index contributed by atoms with van der Waals surface area (Å²) in [5.74, 6) is 0.171. The molecule has 0 N–H and O–H groups in total. The Morgan fingerprint density at radius 3 is 2.83 bits per heavy atom. The Hall–Kier alpha value is -1.86. The molecule has 0 spiro atoms. The van der Waals surface area contributed by atoms with E-state index in [2.05, 4.69) is 0 Å². The number of carbonyl (C=O) groups excluding carboxylic acids is 2. The van der Waals surface area contributed by atoms with Gasteiger partial charge in [-0.3, -0.25) is 14.5 Å². The molecule has 7 heteroatoms. The molecule has 0 bridgehead atoms. The summed E-state index contributed by atoms with van der Waals surface area (Å²) in [6.45, 7) is 2.55. The van der Waals surface area contributed by atoms with Gasteiger partial charge in [0.25, 0.3) is 5.91 Å². The van der Waals surface area contributed by atoms with Gasteiger partial charge in [-0.15, -0.1) is 0 Å². The Bertz CT molecular complexity index is 672. The normalized spacial score (nSPS) is 15.9. The lowest BCUT2D eigenvalue weighted by Crippen LogP contribution is -2.30. The van der Waals surface area contributed by atoms with E-state index in [1.165, 1.54) is 16.7 Å². The smallest absolute Gasteiger partial charge is 0.307 e. The van der Waals surface area contributed by atoms with Crippen LogP contribution in [0.25, 0.3) is 6.08 Å². The highest BCUT2D eigenvalue weighted by Gasteiger charge is 2.32. The van der Waals surface area contributed by atoms with Gasteiger partial charge in [-0.1, -0.05) is 49.1 Å². The van der Waals surface area contributed by atoms with Crippen LogP contribution in [0, 0.1) is 0 Å². The highest BCUT2D eigenvalue weighted by molar-refractivity contribution is 8.26.